The predicted molar refractivity (Wildman–Crippen MR) is 60.5 cm³/mol. The number of rotatable bonds is 0. The van der Waals surface area contributed by atoms with Crippen LogP contribution in [0.1, 0.15) is 0 Å². The monoisotopic (exact) mass is 213 g/mol. The maximum Gasteiger partial charge on any atom is 0.349 e. The minimum Gasteiger partial charge on any atom is -0.339 e. The Balaban J connectivity index is 2.71. The van der Waals surface area contributed by atoms with E-state index >= 15 is 0 Å². The van der Waals surface area contributed by atoms with Crippen molar-refractivity contribution in [2.24, 2.45) is 0 Å². The van der Waals surface area contributed by atoms with Crippen molar-refractivity contribution in [2.45, 2.75) is 0 Å². The number of hydrogen-bond acceptors (Lipinski definition) is 3. The van der Waals surface area contributed by atoms with Crippen LogP contribution in [0.15, 0.2) is 39.9 Å². The van der Waals surface area contributed by atoms with Crippen molar-refractivity contribution in [2.75, 3.05) is 0 Å². The fourth-order valence-corrected chi connectivity index (χ4v) is 1.79. The van der Waals surface area contributed by atoms with Crippen molar-refractivity contribution in [1.29, 1.82) is 0 Å². The molecule has 0 saturated heterocycles. The number of H-pyrrole nitrogens is 2. The molecule has 0 aliphatic heterocycles. The molecule has 2 N–H and O–H groups in total. The molecule has 5 heteroatoms. The molecule has 0 unspecified atom stereocenters. The Hall–Kier alpha value is -2.43. The molecule has 5 nitrogen and oxygen atoms in total. The zero-order valence-electron chi connectivity index (χ0n) is 8.15. The van der Waals surface area contributed by atoms with Crippen molar-refractivity contribution in [3.05, 3.63) is 51.2 Å². The van der Waals surface area contributed by atoms with E-state index in [0.717, 1.165) is 10.9 Å². The zero-order chi connectivity index (χ0) is 11.1. The molecule has 2 aromatic heterocycles. The quantitative estimate of drug-likeness (QED) is 0.578. The molecule has 0 saturated carbocycles. The second-order valence-corrected chi connectivity index (χ2v) is 3.46. The third-order valence-electron chi connectivity index (χ3n) is 2.46. The van der Waals surface area contributed by atoms with Gasteiger partial charge < -0.3 is 4.98 Å². The number of nitrogens with one attached hydrogen (secondary N) is 2. The molecular weight excluding hydrogens is 206 g/mol. The van der Waals surface area contributed by atoms with E-state index in [-0.39, 0.29) is 0 Å². The molecule has 0 atom stereocenters. The molecular formula is C11H7N3O2. The molecule has 1 aromatic carbocycles. The zero-order valence-corrected chi connectivity index (χ0v) is 8.15. The maximum atomic E-state index is 11.7. The van der Waals surface area contributed by atoms with Crippen molar-refractivity contribution in [3.8, 4) is 0 Å². The first-order valence-electron chi connectivity index (χ1n) is 4.77. The number of aromatic amines is 2. The average molecular weight is 213 g/mol. The fourth-order valence-electron chi connectivity index (χ4n) is 1.79. The lowest BCUT2D eigenvalue weighted by atomic mass is 10.2. The SMILES string of the molecule is O=c1nc2[nH]c3cccccc3c2c(=O)[nH]1. The van der Waals surface area contributed by atoms with Crippen molar-refractivity contribution >= 4 is 21.9 Å². The average Bonchev–Trinajstić information content (AvgIpc) is 2.42. The number of nitrogens with zero attached hydrogens (tertiary/aromatic N) is 1. The molecule has 0 fully saturated rings. The standard InChI is InChI=1S/C11H7N3O2/c15-10-8-6-4-2-1-3-5-7(6)12-9(8)13-11(16)14-10/h1-5H,(H2,12,13,14,15,16). The highest BCUT2D eigenvalue weighted by atomic mass is 16.2. The molecule has 16 heavy (non-hydrogen) atoms. The topological polar surface area (TPSA) is 78.6 Å². The van der Waals surface area contributed by atoms with Gasteiger partial charge in [0.15, 0.2) is 0 Å². The van der Waals surface area contributed by atoms with Gasteiger partial charge in [0.1, 0.15) is 5.65 Å². The highest BCUT2D eigenvalue weighted by Gasteiger charge is 2.08. The summed E-state index contributed by atoms with van der Waals surface area (Å²) in [5.74, 6) is 0. The molecule has 3 rings (SSSR count). The second-order valence-electron chi connectivity index (χ2n) is 3.46. The van der Waals surface area contributed by atoms with Crippen molar-refractivity contribution in [1.82, 2.24) is 15.0 Å². The number of fused-ring (bicyclic) bond motifs is 3. The summed E-state index contributed by atoms with van der Waals surface area (Å²) in [4.78, 5) is 31.6. The van der Waals surface area contributed by atoms with Crippen LogP contribution in [0.3, 0.4) is 0 Å². The normalized spacial score (nSPS) is 11.0. The maximum absolute atomic E-state index is 11.7. The minimum atomic E-state index is -0.631. The lowest BCUT2D eigenvalue weighted by molar-refractivity contribution is 1.07. The van der Waals surface area contributed by atoms with Gasteiger partial charge in [0, 0.05) is 10.9 Å². The second kappa shape index (κ2) is 3.03. The third kappa shape index (κ3) is 1.15. The lowest BCUT2D eigenvalue weighted by Crippen LogP contribution is -2.21. The summed E-state index contributed by atoms with van der Waals surface area (Å²) in [5.41, 5.74) is 0.0689. The van der Waals surface area contributed by atoms with Gasteiger partial charge in [-0.1, -0.05) is 24.3 Å². The van der Waals surface area contributed by atoms with E-state index in [4.69, 9.17) is 0 Å². The van der Waals surface area contributed by atoms with E-state index in [1.165, 1.54) is 0 Å². The van der Waals surface area contributed by atoms with Gasteiger partial charge in [-0.15, -0.1) is 0 Å². The van der Waals surface area contributed by atoms with E-state index in [0.29, 0.717) is 11.0 Å². The Bertz CT molecular complexity index is 801. The van der Waals surface area contributed by atoms with Gasteiger partial charge in [-0.3, -0.25) is 9.78 Å². The Morgan fingerprint density at radius 3 is 2.69 bits per heavy atom. The van der Waals surface area contributed by atoms with E-state index in [9.17, 15) is 9.59 Å². The van der Waals surface area contributed by atoms with Crippen LogP contribution in [0, 0.1) is 0 Å². The Labute approximate surface area is 88.8 Å². The molecule has 0 radical (unpaired) electrons. The van der Waals surface area contributed by atoms with Crippen LogP contribution in [0.5, 0.6) is 0 Å². The van der Waals surface area contributed by atoms with Crippen molar-refractivity contribution in [3.63, 3.8) is 0 Å². The fraction of sp³-hybridized carbons (Fsp3) is 0. The van der Waals surface area contributed by atoms with Crippen LogP contribution in [0.2, 0.25) is 0 Å². The van der Waals surface area contributed by atoms with Crippen LogP contribution < -0.4 is 11.2 Å². The van der Waals surface area contributed by atoms with Gasteiger partial charge in [-0.25, -0.2) is 4.79 Å². The molecule has 0 amide bonds. The number of aromatic nitrogens is 3. The molecule has 0 bridgehead atoms. The minimum absolute atomic E-state index is 0.329. The van der Waals surface area contributed by atoms with Crippen LogP contribution in [-0.4, -0.2) is 15.0 Å². The highest BCUT2D eigenvalue weighted by molar-refractivity contribution is 6.04. The Morgan fingerprint density at radius 2 is 1.81 bits per heavy atom. The smallest absolute Gasteiger partial charge is 0.339 e. The van der Waals surface area contributed by atoms with E-state index in [2.05, 4.69) is 15.0 Å². The summed E-state index contributed by atoms with van der Waals surface area (Å²) in [5, 5.41) is 1.18. The highest BCUT2D eigenvalue weighted by Crippen LogP contribution is 2.18. The van der Waals surface area contributed by atoms with E-state index in [1.807, 2.05) is 30.3 Å². The summed E-state index contributed by atoms with van der Waals surface area (Å²) in [6.07, 6.45) is 0. The van der Waals surface area contributed by atoms with Crippen LogP contribution >= 0.6 is 0 Å². The molecule has 78 valence electrons. The van der Waals surface area contributed by atoms with Gasteiger partial charge in [0.2, 0.25) is 0 Å². The first kappa shape index (κ1) is 8.84. The molecule has 2 heterocycles. The third-order valence-corrected chi connectivity index (χ3v) is 2.46. The van der Waals surface area contributed by atoms with Gasteiger partial charge in [0.25, 0.3) is 5.56 Å². The van der Waals surface area contributed by atoms with E-state index in [1.54, 1.807) is 0 Å². The molecule has 3 aromatic rings. The van der Waals surface area contributed by atoms with Crippen LogP contribution in [0.4, 0.5) is 0 Å². The Morgan fingerprint density at radius 1 is 1.00 bits per heavy atom. The summed E-state index contributed by atoms with van der Waals surface area (Å²) in [7, 11) is 0. The summed E-state index contributed by atoms with van der Waals surface area (Å²) in [6.45, 7) is 0. The summed E-state index contributed by atoms with van der Waals surface area (Å²) < 4.78 is 0. The molecule has 0 aliphatic carbocycles. The van der Waals surface area contributed by atoms with Gasteiger partial charge >= 0.3 is 5.69 Å². The lowest BCUT2D eigenvalue weighted by Gasteiger charge is -1.84. The summed E-state index contributed by atoms with van der Waals surface area (Å²) in [6, 6.07) is 9.20. The number of hydrogen-bond donors (Lipinski definition) is 2. The van der Waals surface area contributed by atoms with E-state index < -0.39 is 11.2 Å². The van der Waals surface area contributed by atoms with Gasteiger partial charge in [-0.05, 0) is 6.07 Å². The van der Waals surface area contributed by atoms with Gasteiger partial charge in [-0.2, -0.15) is 4.98 Å². The largest absolute Gasteiger partial charge is 0.349 e. The Kier molecular flexibility index (Phi) is 1.67. The molecule has 0 spiro atoms. The van der Waals surface area contributed by atoms with Crippen molar-refractivity contribution < 1.29 is 0 Å². The van der Waals surface area contributed by atoms with Gasteiger partial charge in [0.05, 0.1) is 5.39 Å². The first-order valence-corrected chi connectivity index (χ1v) is 4.77. The first-order chi connectivity index (χ1) is 7.75. The predicted octanol–water partition coefficient (Wildman–Crippen LogP) is 0.765. The van der Waals surface area contributed by atoms with Crippen LogP contribution in [0.25, 0.3) is 21.9 Å². The van der Waals surface area contributed by atoms with Crippen LogP contribution in [-0.2, 0) is 0 Å². The summed E-state index contributed by atoms with van der Waals surface area (Å²) >= 11 is 0. The molecule has 0 aliphatic rings.